The number of nitrogen functional groups attached to an aromatic ring is 1. The zero-order chi connectivity index (χ0) is 11.5. The van der Waals surface area contributed by atoms with Gasteiger partial charge in [0.1, 0.15) is 5.03 Å². The van der Waals surface area contributed by atoms with Crippen molar-refractivity contribution in [2.75, 3.05) is 5.73 Å². The molecule has 88 valence electrons. The van der Waals surface area contributed by atoms with Crippen LogP contribution in [-0.4, -0.2) is 15.2 Å². The smallest absolute Gasteiger partial charge is 0.221 e. The van der Waals surface area contributed by atoms with Crippen molar-refractivity contribution < 1.29 is 0 Å². The quantitative estimate of drug-likeness (QED) is 0.803. The molecule has 1 aliphatic carbocycles. The van der Waals surface area contributed by atoms with E-state index in [1.807, 2.05) is 24.9 Å². The van der Waals surface area contributed by atoms with E-state index in [0.717, 1.165) is 16.5 Å². The maximum absolute atomic E-state index is 5.62. The van der Waals surface area contributed by atoms with E-state index in [-0.39, 0.29) is 0 Å². The van der Waals surface area contributed by atoms with Crippen molar-refractivity contribution >= 4 is 17.7 Å². The highest BCUT2D eigenvalue weighted by molar-refractivity contribution is 7.99. The molecule has 0 saturated heterocycles. The third-order valence-corrected chi connectivity index (χ3v) is 4.51. The summed E-state index contributed by atoms with van der Waals surface area (Å²) in [5.41, 5.74) is 6.76. The molecule has 1 heterocycles. The van der Waals surface area contributed by atoms with Gasteiger partial charge < -0.3 is 5.73 Å². The van der Waals surface area contributed by atoms with Crippen molar-refractivity contribution in [2.45, 2.75) is 49.8 Å². The Morgan fingerprint density at radius 2 is 2.25 bits per heavy atom. The molecular weight excluding hydrogens is 218 g/mol. The van der Waals surface area contributed by atoms with E-state index in [0.29, 0.717) is 11.2 Å². The van der Waals surface area contributed by atoms with E-state index in [9.17, 15) is 0 Å². The summed E-state index contributed by atoms with van der Waals surface area (Å²) < 4.78 is 0. The zero-order valence-electron chi connectivity index (χ0n) is 9.94. The average Bonchev–Trinajstić information content (AvgIpc) is 2.24. The summed E-state index contributed by atoms with van der Waals surface area (Å²) in [6, 6.07) is 0. The van der Waals surface area contributed by atoms with Gasteiger partial charge in [0.15, 0.2) is 0 Å². The molecule has 2 atom stereocenters. The molecule has 0 radical (unpaired) electrons. The van der Waals surface area contributed by atoms with E-state index in [1.165, 1.54) is 25.7 Å². The molecule has 2 rings (SSSR count). The lowest BCUT2D eigenvalue weighted by molar-refractivity contribution is 0.394. The zero-order valence-corrected chi connectivity index (χ0v) is 10.8. The summed E-state index contributed by atoms with van der Waals surface area (Å²) in [5.74, 6) is 1.24. The van der Waals surface area contributed by atoms with Crippen LogP contribution in [0, 0.1) is 12.8 Å². The van der Waals surface area contributed by atoms with Gasteiger partial charge in [-0.25, -0.2) is 9.97 Å². The normalized spacial score (nSPS) is 25.6. The van der Waals surface area contributed by atoms with Crippen molar-refractivity contribution in [3.05, 3.63) is 11.8 Å². The Labute approximate surface area is 101 Å². The monoisotopic (exact) mass is 237 g/mol. The van der Waals surface area contributed by atoms with Crippen LogP contribution in [0.1, 0.15) is 38.2 Å². The van der Waals surface area contributed by atoms with Crippen LogP contribution in [0.2, 0.25) is 0 Å². The van der Waals surface area contributed by atoms with Crippen LogP contribution in [0.5, 0.6) is 0 Å². The molecule has 1 aliphatic rings. The van der Waals surface area contributed by atoms with Crippen molar-refractivity contribution in [2.24, 2.45) is 5.92 Å². The Morgan fingerprint density at radius 1 is 1.44 bits per heavy atom. The van der Waals surface area contributed by atoms with Gasteiger partial charge in [-0.3, -0.25) is 0 Å². The second kappa shape index (κ2) is 5.04. The molecule has 1 saturated carbocycles. The molecule has 2 unspecified atom stereocenters. The Bertz CT molecular complexity index is 367. The SMILES string of the molecule is Cc1cnc(N)nc1SC1CCCC(C)C1. The van der Waals surface area contributed by atoms with Crippen LogP contribution >= 0.6 is 11.8 Å². The van der Waals surface area contributed by atoms with Gasteiger partial charge in [0.25, 0.3) is 0 Å². The minimum absolute atomic E-state index is 0.386. The number of aromatic nitrogens is 2. The molecule has 0 bridgehead atoms. The van der Waals surface area contributed by atoms with Gasteiger partial charge in [-0.05, 0) is 31.2 Å². The number of hydrogen-bond donors (Lipinski definition) is 1. The summed E-state index contributed by atoms with van der Waals surface area (Å²) in [6.45, 7) is 4.39. The fourth-order valence-corrected chi connectivity index (χ4v) is 3.61. The minimum atomic E-state index is 0.386. The minimum Gasteiger partial charge on any atom is -0.368 e. The van der Waals surface area contributed by atoms with Gasteiger partial charge in [-0.15, -0.1) is 11.8 Å². The number of nitrogens with zero attached hydrogens (tertiary/aromatic N) is 2. The first-order valence-corrected chi connectivity index (χ1v) is 6.79. The second-order valence-electron chi connectivity index (χ2n) is 4.73. The largest absolute Gasteiger partial charge is 0.368 e. The Morgan fingerprint density at radius 3 is 3.00 bits per heavy atom. The molecule has 0 aromatic carbocycles. The van der Waals surface area contributed by atoms with Gasteiger partial charge in [-0.2, -0.15) is 0 Å². The molecule has 0 spiro atoms. The number of hydrogen-bond acceptors (Lipinski definition) is 4. The fourth-order valence-electron chi connectivity index (χ4n) is 2.20. The standard InChI is InChI=1S/C12H19N3S/c1-8-4-3-5-10(6-8)16-11-9(2)7-14-12(13)15-11/h7-8,10H,3-6H2,1-2H3,(H2,13,14,15). The predicted molar refractivity (Wildman–Crippen MR) is 68.5 cm³/mol. The number of rotatable bonds is 2. The van der Waals surface area contributed by atoms with E-state index in [1.54, 1.807) is 0 Å². The Kier molecular flexibility index (Phi) is 3.69. The van der Waals surface area contributed by atoms with Crippen molar-refractivity contribution in [1.82, 2.24) is 9.97 Å². The van der Waals surface area contributed by atoms with Crippen LogP contribution in [0.15, 0.2) is 11.2 Å². The first-order chi connectivity index (χ1) is 7.65. The molecule has 1 aromatic heterocycles. The summed E-state index contributed by atoms with van der Waals surface area (Å²) in [5, 5.41) is 1.77. The average molecular weight is 237 g/mol. The molecule has 2 N–H and O–H groups in total. The first kappa shape index (κ1) is 11.7. The molecule has 0 amide bonds. The molecule has 1 fully saturated rings. The van der Waals surface area contributed by atoms with Crippen molar-refractivity contribution in [1.29, 1.82) is 0 Å². The van der Waals surface area contributed by atoms with E-state index in [2.05, 4.69) is 16.9 Å². The van der Waals surface area contributed by atoms with Gasteiger partial charge in [-0.1, -0.05) is 19.8 Å². The molecule has 1 aromatic rings. The molecule has 16 heavy (non-hydrogen) atoms. The highest BCUT2D eigenvalue weighted by Gasteiger charge is 2.21. The maximum atomic E-state index is 5.62. The van der Waals surface area contributed by atoms with Crippen LogP contribution in [0.4, 0.5) is 5.95 Å². The van der Waals surface area contributed by atoms with Crippen LogP contribution < -0.4 is 5.73 Å². The van der Waals surface area contributed by atoms with Gasteiger partial charge in [0.2, 0.25) is 5.95 Å². The molecular formula is C12H19N3S. The number of aryl methyl sites for hydroxylation is 1. The second-order valence-corrected chi connectivity index (χ2v) is 6.02. The molecule has 0 aliphatic heterocycles. The highest BCUT2D eigenvalue weighted by Crippen LogP contribution is 2.36. The van der Waals surface area contributed by atoms with Gasteiger partial charge >= 0.3 is 0 Å². The third kappa shape index (κ3) is 2.88. The number of thioether (sulfide) groups is 1. The fraction of sp³-hybridized carbons (Fsp3) is 0.667. The topological polar surface area (TPSA) is 51.8 Å². The summed E-state index contributed by atoms with van der Waals surface area (Å²) in [4.78, 5) is 8.32. The Hall–Kier alpha value is -0.770. The van der Waals surface area contributed by atoms with Crippen molar-refractivity contribution in [3.63, 3.8) is 0 Å². The third-order valence-electron chi connectivity index (χ3n) is 3.11. The number of nitrogens with two attached hydrogens (primary N) is 1. The van der Waals surface area contributed by atoms with Crippen LogP contribution in [0.25, 0.3) is 0 Å². The van der Waals surface area contributed by atoms with Crippen LogP contribution in [0.3, 0.4) is 0 Å². The summed E-state index contributed by atoms with van der Waals surface area (Å²) in [6.07, 6.45) is 7.14. The van der Waals surface area contributed by atoms with Gasteiger partial charge in [0.05, 0.1) is 0 Å². The van der Waals surface area contributed by atoms with Crippen molar-refractivity contribution in [3.8, 4) is 0 Å². The van der Waals surface area contributed by atoms with E-state index >= 15 is 0 Å². The lowest BCUT2D eigenvalue weighted by Gasteiger charge is -2.26. The first-order valence-electron chi connectivity index (χ1n) is 5.91. The van der Waals surface area contributed by atoms with E-state index < -0.39 is 0 Å². The summed E-state index contributed by atoms with van der Waals surface area (Å²) in [7, 11) is 0. The van der Waals surface area contributed by atoms with Crippen LogP contribution in [-0.2, 0) is 0 Å². The molecule has 4 heteroatoms. The number of anilines is 1. The lowest BCUT2D eigenvalue weighted by Crippen LogP contribution is -2.15. The predicted octanol–water partition coefficient (Wildman–Crippen LogP) is 3.04. The molecule has 3 nitrogen and oxygen atoms in total. The van der Waals surface area contributed by atoms with Gasteiger partial charge in [0, 0.05) is 11.4 Å². The summed E-state index contributed by atoms with van der Waals surface area (Å²) >= 11 is 1.88. The maximum Gasteiger partial charge on any atom is 0.221 e. The van der Waals surface area contributed by atoms with E-state index in [4.69, 9.17) is 5.73 Å². The lowest BCUT2D eigenvalue weighted by atomic mass is 9.91. The Balaban J connectivity index is 2.05. The highest BCUT2D eigenvalue weighted by atomic mass is 32.2.